The fourth-order valence-electron chi connectivity index (χ4n) is 1.91. The molecule has 23 heavy (non-hydrogen) atoms. The van der Waals surface area contributed by atoms with Crippen molar-refractivity contribution in [1.29, 1.82) is 0 Å². The lowest BCUT2D eigenvalue weighted by Crippen LogP contribution is -2.19. The molecule has 1 aliphatic rings. The maximum Gasteiger partial charge on any atom is 0.264 e. The number of nitrogens with one attached hydrogen (secondary N) is 1. The Morgan fingerprint density at radius 2 is 2.00 bits per heavy atom. The van der Waals surface area contributed by atoms with Crippen LogP contribution in [0.15, 0.2) is 61.3 Å². The number of aromatic hydroxyl groups is 1. The Labute approximate surface area is 154 Å². The van der Waals surface area contributed by atoms with Gasteiger partial charge < -0.3 is 10.4 Å². The number of amides is 1. The molecule has 1 fully saturated rings. The van der Waals surface area contributed by atoms with E-state index in [4.69, 9.17) is 0 Å². The van der Waals surface area contributed by atoms with E-state index in [1.807, 2.05) is 24.3 Å². The van der Waals surface area contributed by atoms with Crippen LogP contribution < -0.4 is 5.32 Å². The number of thioether (sulfide) groups is 1. The van der Waals surface area contributed by atoms with Crippen molar-refractivity contribution in [3.8, 4) is 5.75 Å². The normalized spacial score (nSPS) is 17.7. The number of hydrogen-bond donors (Lipinski definition) is 2. The fraction of sp³-hybridized carbons (Fsp3) is 0. The Balaban J connectivity index is 1.84. The largest absolute Gasteiger partial charge is 0.507 e. The van der Waals surface area contributed by atoms with Gasteiger partial charge in [0.25, 0.3) is 5.91 Å². The van der Waals surface area contributed by atoms with E-state index in [1.54, 1.807) is 24.3 Å². The van der Waals surface area contributed by atoms with Crippen LogP contribution in [0.2, 0.25) is 0 Å². The molecule has 0 unspecified atom stereocenters. The van der Waals surface area contributed by atoms with E-state index in [2.05, 4.69) is 42.2 Å². The number of rotatable bonds is 2. The van der Waals surface area contributed by atoms with Crippen molar-refractivity contribution in [2.24, 2.45) is 4.99 Å². The van der Waals surface area contributed by atoms with Crippen LogP contribution in [0.4, 0.5) is 5.69 Å². The van der Waals surface area contributed by atoms with Gasteiger partial charge >= 0.3 is 0 Å². The third-order valence-electron chi connectivity index (χ3n) is 2.96. The maximum absolute atomic E-state index is 12.0. The second kappa shape index (κ2) is 6.90. The van der Waals surface area contributed by atoms with Crippen LogP contribution in [0.3, 0.4) is 0 Å². The average Bonchev–Trinajstić information content (AvgIpc) is 2.83. The number of amidine groups is 1. The molecule has 0 atom stereocenters. The molecule has 116 valence electrons. The van der Waals surface area contributed by atoms with Gasteiger partial charge in [-0.05, 0) is 69.7 Å². The molecule has 0 aliphatic carbocycles. The lowest BCUT2D eigenvalue weighted by Gasteiger charge is -1.99. The highest BCUT2D eigenvalue weighted by Crippen LogP contribution is 2.30. The first-order valence-corrected chi connectivity index (χ1v) is 8.95. The van der Waals surface area contributed by atoms with Crippen LogP contribution >= 0.6 is 43.6 Å². The molecular weight excluding hydrogens is 444 g/mol. The number of phenols is 1. The Bertz CT molecular complexity index is 850. The van der Waals surface area contributed by atoms with Gasteiger partial charge in [0, 0.05) is 4.47 Å². The SMILES string of the molecule is O=C1NC(=Nc2cccc(Br)c2)S/C1=C\c1ccc(O)c(Br)c1. The number of carbonyl (C=O) groups excluding carboxylic acids is 1. The van der Waals surface area contributed by atoms with Crippen molar-refractivity contribution < 1.29 is 9.90 Å². The van der Waals surface area contributed by atoms with Gasteiger partial charge in [-0.25, -0.2) is 4.99 Å². The van der Waals surface area contributed by atoms with Crippen LogP contribution in [0.1, 0.15) is 5.56 Å². The number of benzene rings is 2. The summed E-state index contributed by atoms with van der Waals surface area (Å²) in [5.41, 5.74) is 1.58. The van der Waals surface area contributed by atoms with E-state index >= 15 is 0 Å². The molecule has 0 spiro atoms. The van der Waals surface area contributed by atoms with Gasteiger partial charge in [-0.3, -0.25) is 4.79 Å². The van der Waals surface area contributed by atoms with Gasteiger partial charge in [-0.1, -0.05) is 28.1 Å². The van der Waals surface area contributed by atoms with Gasteiger partial charge in [0.2, 0.25) is 0 Å². The van der Waals surface area contributed by atoms with E-state index in [0.717, 1.165) is 15.7 Å². The molecule has 2 N–H and O–H groups in total. The summed E-state index contributed by atoms with van der Waals surface area (Å²) in [5.74, 6) is -0.0273. The number of halogens is 2. The number of aliphatic imine (C=N–C) groups is 1. The summed E-state index contributed by atoms with van der Waals surface area (Å²) in [4.78, 5) is 17.0. The highest BCUT2D eigenvalue weighted by molar-refractivity contribution is 9.10. The molecule has 2 aromatic rings. The molecule has 1 saturated heterocycles. The summed E-state index contributed by atoms with van der Waals surface area (Å²) < 4.78 is 1.51. The first-order valence-electron chi connectivity index (χ1n) is 6.55. The zero-order chi connectivity index (χ0) is 16.4. The zero-order valence-electron chi connectivity index (χ0n) is 11.6. The minimum Gasteiger partial charge on any atom is -0.507 e. The first-order chi connectivity index (χ1) is 11.0. The van der Waals surface area contributed by atoms with Gasteiger partial charge in [0.1, 0.15) is 5.75 Å². The second-order valence-electron chi connectivity index (χ2n) is 4.67. The van der Waals surface area contributed by atoms with Crippen LogP contribution in [-0.4, -0.2) is 16.2 Å². The molecule has 1 heterocycles. The molecule has 7 heteroatoms. The van der Waals surface area contributed by atoms with Crippen molar-refractivity contribution in [2.75, 3.05) is 0 Å². The molecule has 3 rings (SSSR count). The quantitative estimate of drug-likeness (QED) is 0.641. The van der Waals surface area contributed by atoms with Crippen LogP contribution in [0, 0.1) is 0 Å². The standard InChI is InChI=1S/C16H10Br2N2O2S/c17-10-2-1-3-11(8-10)19-16-20-15(22)14(23-16)7-9-4-5-13(21)12(18)6-9/h1-8,21H,(H,19,20,22)/b14-7-. The number of phenolic OH excluding ortho intramolecular Hbond substituents is 1. The first kappa shape index (κ1) is 16.3. The minimum absolute atomic E-state index is 0.160. The monoisotopic (exact) mass is 452 g/mol. The number of hydrogen-bond acceptors (Lipinski definition) is 4. The third-order valence-corrected chi connectivity index (χ3v) is 5.00. The van der Waals surface area contributed by atoms with Gasteiger partial charge in [0.15, 0.2) is 5.17 Å². The summed E-state index contributed by atoms with van der Waals surface area (Å²) in [6, 6.07) is 12.6. The van der Waals surface area contributed by atoms with E-state index in [-0.39, 0.29) is 11.7 Å². The average molecular weight is 454 g/mol. The highest BCUT2D eigenvalue weighted by Gasteiger charge is 2.23. The molecule has 0 saturated carbocycles. The molecular formula is C16H10Br2N2O2S. The lowest BCUT2D eigenvalue weighted by molar-refractivity contribution is -0.115. The Kier molecular flexibility index (Phi) is 4.89. The third kappa shape index (κ3) is 4.04. The van der Waals surface area contributed by atoms with E-state index in [9.17, 15) is 9.90 Å². The molecule has 0 radical (unpaired) electrons. The minimum atomic E-state index is -0.187. The number of nitrogens with zero attached hydrogens (tertiary/aromatic N) is 1. The Morgan fingerprint density at radius 3 is 2.74 bits per heavy atom. The van der Waals surface area contributed by atoms with Crippen molar-refractivity contribution in [2.45, 2.75) is 0 Å². The summed E-state index contributed by atoms with van der Waals surface area (Å²) in [7, 11) is 0. The fourth-order valence-corrected chi connectivity index (χ4v) is 3.53. The molecule has 1 amide bonds. The van der Waals surface area contributed by atoms with Gasteiger partial charge in [0.05, 0.1) is 15.1 Å². The van der Waals surface area contributed by atoms with Crippen molar-refractivity contribution in [3.63, 3.8) is 0 Å². The van der Waals surface area contributed by atoms with E-state index in [1.165, 1.54) is 11.8 Å². The summed E-state index contributed by atoms with van der Waals surface area (Å²) >= 11 is 7.93. The van der Waals surface area contributed by atoms with Crippen molar-refractivity contribution in [1.82, 2.24) is 5.32 Å². The molecule has 1 aliphatic heterocycles. The van der Waals surface area contributed by atoms with Gasteiger partial charge in [-0.15, -0.1) is 0 Å². The molecule has 0 aromatic heterocycles. The van der Waals surface area contributed by atoms with E-state index in [0.29, 0.717) is 14.5 Å². The smallest absolute Gasteiger partial charge is 0.264 e. The molecule has 4 nitrogen and oxygen atoms in total. The predicted molar refractivity (Wildman–Crippen MR) is 101 cm³/mol. The predicted octanol–water partition coefficient (Wildman–Crippen LogP) is 4.81. The number of carbonyl (C=O) groups is 1. The molecule has 2 aromatic carbocycles. The summed E-state index contributed by atoms with van der Waals surface area (Å²) in [5, 5.41) is 12.8. The summed E-state index contributed by atoms with van der Waals surface area (Å²) in [6.45, 7) is 0. The van der Waals surface area contributed by atoms with Crippen molar-refractivity contribution in [3.05, 3.63) is 61.9 Å². The maximum atomic E-state index is 12.0. The van der Waals surface area contributed by atoms with Gasteiger partial charge in [-0.2, -0.15) is 0 Å². The van der Waals surface area contributed by atoms with E-state index < -0.39 is 0 Å². The Hall–Kier alpha value is -1.57. The van der Waals surface area contributed by atoms with Crippen LogP contribution in [0.25, 0.3) is 6.08 Å². The second-order valence-corrected chi connectivity index (χ2v) is 7.47. The van der Waals surface area contributed by atoms with Crippen LogP contribution in [0.5, 0.6) is 5.75 Å². The van der Waals surface area contributed by atoms with Crippen molar-refractivity contribution >= 4 is 66.5 Å². The highest BCUT2D eigenvalue weighted by atomic mass is 79.9. The Morgan fingerprint density at radius 1 is 1.17 bits per heavy atom. The van der Waals surface area contributed by atoms with Crippen LogP contribution in [-0.2, 0) is 4.79 Å². The lowest BCUT2D eigenvalue weighted by atomic mass is 10.2. The summed E-state index contributed by atoms with van der Waals surface area (Å²) in [6.07, 6.45) is 1.76. The molecule has 0 bridgehead atoms. The topological polar surface area (TPSA) is 61.7 Å². The zero-order valence-corrected chi connectivity index (χ0v) is 15.6.